The fraction of sp³-hybridized carbons (Fsp3) is 0. The Morgan fingerprint density at radius 1 is 0.947 bits per heavy atom. The number of hydrogen-bond acceptors (Lipinski definition) is 3. The topological polar surface area (TPSA) is 77.4 Å². The van der Waals surface area contributed by atoms with E-state index in [4.69, 9.17) is 17.5 Å². The summed E-state index contributed by atoms with van der Waals surface area (Å²) < 4.78 is 48.1. The van der Waals surface area contributed by atoms with Crippen molar-refractivity contribution in [1.82, 2.24) is 0 Å². The first-order valence-corrected chi connectivity index (χ1v) is 8.50. The Morgan fingerprint density at radius 2 is 1.37 bits per heavy atom. The van der Waals surface area contributed by atoms with Gasteiger partial charge in [-0.15, -0.1) is 0 Å². The summed E-state index contributed by atoms with van der Waals surface area (Å²) in [5.74, 6) is -0.161. The molecule has 0 bridgehead atoms. The highest BCUT2D eigenvalue weighted by Crippen LogP contribution is 1.93. The molecule has 0 spiro atoms. The largest absolute Gasteiger partial charge is 0.726 e. The molecule has 2 aromatic carbocycles. The van der Waals surface area contributed by atoms with Gasteiger partial charge in [0.25, 0.3) is 0 Å². The van der Waals surface area contributed by atoms with Crippen LogP contribution in [0.1, 0.15) is 0 Å². The zero-order chi connectivity index (χ0) is 14.3. The van der Waals surface area contributed by atoms with Crippen molar-refractivity contribution in [2.75, 3.05) is 0 Å². The Kier molecular flexibility index (Phi) is 6.35. The van der Waals surface area contributed by atoms with Crippen LogP contribution in [0.25, 0.3) is 0 Å². The van der Waals surface area contributed by atoms with Crippen molar-refractivity contribution in [3.63, 3.8) is 0 Å². The molecular weight excluding hydrogens is 386 g/mol. The fourth-order valence-corrected chi connectivity index (χ4v) is 3.31. The third-order valence-corrected chi connectivity index (χ3v) is 4.44. The van der Waals surface area contributed by atoms with Gasteiger partial charge in [0.1, 0.15) is 5.82 Å². The summed E-state index contributed by atoms with van der Waals surface area (Å²) in [5, 5.41) is 0. The Bertz CT molecular complexity index is 591. The minimum absolute atomic E-state index is 0.151. The van der Waals surface area contributed by atoms with Crippen molar-refractivity contribution in [3.8, 4) is 0 Å². The van der Waals surface area contributed by atoms with Crippen LogP contribution in [-0.4, -0.2) is 17.5 Å². The van der Waals surface area contributed by atoms with Gasteiger partial charge in [-0.25, -0.2) is 12.8 Å². The second-order valence-electron chi connectivity index (χ2n) is 3.25. The number of benzene rings is 2. The van der Waals surface area contributed by atoms with Gasteiger partial charge in [0.05, 0.1) is 0 Å². The molecule has 0 fully saturated rings. The monoisotopic (exact) mass is 396 g/mol. The van der Waals surface area contributed by atoms with Crippen LogP contribution in [-0.2, 0) is 10.4 Å². The molecule has 2 aromatic rings. The molecule has 2 rings (SSSR count). The molecule has 1 N–H and O–H groups in total. The van der Waals surface area contributed by atoms with E-state index in [1.165, 1.54) is 19.3 Å². The molecule has 0 unspecified atom stereocenters. The van der Waals surface area contributed by atoms with Crippen LogP contribution in [0.5, 0.6) is 0 Å². The lowest BCUT2D eigenvalue weighted by Crippen LogP contribution is -3.61. The molecule has 0 atom stereocenters. The summed E-state index contributed by atoms with van der Waals surface area (Å²) in [6.45, 7) is 0. The quantitative estimate of drug-likeness (QED) is 0.400. The van der Waals surface area contributed by atoms with Gasteiger partial charge >= 0.3 is 21.2 Å². The molecule has 0 saturated carbocycles. The molecule has 0 amide bonds. The number of halogens is 2. The normalized spacial score (nSPS) is 10.5. The highest BCUT2D eigenvalue weighted by molar-refractivity contribution is 7.79. The van der Waals surface area contributed by atoms with Crippen LogP contribution in [0.15, 0.2) is 54.6 Å². The lowest BCUT2D eigenvalue weighted by atomic mass is 10.4. The third kappa shape index (κ3) is 8.65. The van der Waals surface area contributed by atoms with E-state index in [2.05, 4.69) is 12.1 Å². The maximum atomic E-state index is 12.6. The van der Waals surface area contributed by atoms with Crippen LogP contribution in [0.3, 0.4) is 0 Å². The summed E-state index contributed by atoms with van der Waals surface area (Å²) in [5.41, 5.74) is 0. The Labute approximate surface area is 121 Å². The van der Waals surface area contributed by atoms with Crippen LogP contribution in [0.4, 0.5) is 4.39 Å². The summed E-state index contributed by atoms with van der Waals surface area (Å²) >= 11 is -0.151. The van der Waals surface area contributed by atoms with Gasteiger partial charge in [0.15, 0.2) is 7.14 Å². The molecule has 0 radical (unpaired) electrons. The van der Waals surface area contributed by atoms with E-state index in [9.17, 15) is 4.39 Å². The molecule has 0 aromatic heterocycles. The van der Waals surface area contributed by atoms with Gasteiger partial charge < -0.3 is 4.55 Å². The maximum Gasteiger partial charge on any atom is 0.357 e. The van der Waals surface area contributed by atoms with Gasteiger partial charge in [0, 0.05) is 0 Å². The second kappa shape index (κ2) is 7.53. The van der Waals surface area contributed by atoms with E-state index in [0.29, 0.717) is 0 Å². The van der Waals surface area contributed by atoms with E-state index in [1.54, 1.807) is 0 Å². The second-order valence-corrected chi connectivity index (χ2v) is 7.14. The van der Waals surface area contributed by atoms with Gasteiger partial charge in [-0.2, -0.15) is 0 Å². The smallest absolute Gasteiger partial charge is 0.357 e. The molecule has 0 aliphatic heterocycles. The lowest BCUT2D eigenvalue weighted by Gasteiger charge is -1.88. The first-order valence-electron chi connectivity index (χ1n) is 4.98. The van der Waals surface area contributed by atoms with E-state index >= 15 is 0 Å². The molecule has 7 heteroatoms. The van der Waals surface area contributed by atoms with Crippen molar-refractivity contribution in [3.05, 3.63) is 67.6 Å². The highest BCUT2D eigenvalue weighted by atomic mass is 127. The van der Waals surface area contributed by atoms with Crippen molar-refractivity contribution in [2.24, 2.45) is 0 Å². The van der Waals surface area contributed by atoms with Crippen molar-refractivity contribution >= 4 is 10.4 Å². The van der Waals surface area contributed by atoms with Crippen molar-refractivity contribution in [2.45, 2.75) is 0 Å². The SMILES string of the molecule is Fc1ccc([I+]c2ccccc2)cc1.O=S(=O)([O-])O. The molecule has 0 saturated heterocycles. The van der Waals surface area contributed by atoms with Gasteiger partial charge in [-0.1, -0.05) is 18.2 Å². The first-order chi connectivity index (χ1) is 8.84. The first kappa shape index (κ1) is 16.0. The molecule has 4 nitrogen and oxygen atoms in total. The van der Waals surface area contributed by atoms with E-state index < -0.39 is 10.4 Å². The zero-order valence-corrected chi connectivity index (χ0v) is 12.5. The highest BCUT2D eigenvalue weighted by Gasteiger charge is 2.13. The van der Waals surface area contributed by atoms with Crippen molar-refractivity contribution in [1.29, 1.82) is 0 Å². The van der Waals surface area contributed by atoms with Crippen LogP contribution in [0.2, 0.25) is 0 Å². The molecule has 0 heterocycles. The number of rotatable bonds is 2. The minimum atomic E-state index is -4.92. The Hall–Kier alpha value is -1.03. The molecule has 0 aliphatic carbocycles. The van der Waals surface area contributed by atoms with E-state index in [-0.39, 0.29) is 27.0 Å². The molecule has 0 aliphatic rings. The van der Waals surface area contributed by atoms with Crippen molar-refractivity contribution < 1.29 is 43.1 Å². The average Bonchev–Trinajstić information content (AvgIpc) is 2.31. The average molecular weight is 396 g/mol. The Morgan fingerprint density at radius 3 is 1.84 bits per heavy atom. The van der Waals surface area contributed by atoms with Gasteiger partial charge in [0.2, 0.25) is 10.4 Å². The molecule has 19 heavy (non-hydrogen) atoms. The summed E-state index contributed by atoms with van der Waals surface area (Å²) in [4.78, 5) is 0. The minimum Gasteiger partial charge on any atom is -0.726 e. The lowest BCUT2D eigenvalue weighted by molar-refractivity contribution is -0.597. The van der Waals surface area contributed by atoms with E-state index in [1.807, 2.05) is 30.3 Å². The standard InChI is InChI=1S/C12H9FI.H2O4S/c13-10-6-8-12(9-7-10)14-11-4-2-1-3-5-11;1-5(2,3)4/h1-9H;(H2,1,2,3,4)/q+1;/p-1. The summed E-state index contributed by atoms with van der Waals surface area (Å²) in [7, 11) is -4.92. The summed E-state index contributed by atoms with van der Waals surface area (Å²) in [6.07, 6.45) is 0. The summed E-state index contributed by atoms with van der Waals surface area (Å²) in [6, 6.07) is 17.1. The predicted molar refractivity (Wildman–Crippen MR) is 62.6 cm³/mol. The van der Waals surface area contributed by atoms with Gasteiger partial charge in [-0.05, 0) is 36.4 Å². The Balaban J connectivity index is 0.000000312. The molecule has 102 valence electrons. The third-order valence-electron chi connectivity index (χ3n) is 1.75. The zero-order valence-electron chi connectivity index (χ0n) is 9.53. The van der Waals surface area contributed by atoms with Crippen LogP contribution >= 0.6 is 0 Å². The maximum absolute atomic E-state index is 12.6. The van der Waals surface area contributed by atoms with Gasteiger partial charge in [-0.3, -0.25) is 4.55 Å². The predicted octanol–water partition coefficient (Wildman–Crippen LogP) is -1.04. The van der Waals surface area contributed by atoms with Crippen LogP contribution in [0, 0.1) is 13.0 Å². The van der Waals surface area contributed by atoms with E-state index in [0.717, 1.165) is 0 Å². The van der Waals surface area contributed by atoms with Crippen LogP contribution < -0.4 is 21.2 Å². The fourth-order valence-electron chi connectivity index (χ4n) is 1.10. The molecular formula is C12H10FIO4S. The number of hydrogen-bond donors (Lipinski definition) is 1.